The highest BCUT2D eigenvalue weighted by molar-refractivity contribution is 5.93. The summed E-state index contributed by atoms with van der Waals surface area (Å²) in [7, 11) is 0. The van der Waals surface area contributed by atoms with Crippen molar-refractivity contribution >= 4 is 11.8 Å². The first-order valence-corrected chi connectivity index (χ1v) is 3.88. The van der Waals surface area contributed by atoms with Crippen molar-refractivity contribution in [3.05, 3.63) is 0 Å². The van der Waals surface area contributed by atoms with Crippen LogP contribution in [-0.4, -0.2) is 11.8 Å². The van der Waals surface area contributed by atoms with E-state index >= 15 is 0 Å². The van der Waals surface area contributed by atoms with Crippen LogP contribution in [0, 0.1) is 0 Å². The molecule has 0 N–H and O–H groups in total. The molecular formula is C8H13O3-. The lowest BCUT2D eigenvalue weighted by molar-refractivity contribution is -0.304. The molecule has 0 unspecified atom stereocenters. The molecule has 0 aliphatic carbocycles. The van der Waals surface area contributed by atoms with Crippen LogP contribution in [0.5, 0.6) is 0 Å². The van der Waals surface area contributed by atoms with E-state index in [9.17, 15) is 14.7 Å². The van der Waals surface area contributed by atoms with Crippen molar-refractivity contribution in [2.45, 2.75) is 39.0 Å². The summed E-state index contributed by atoms with van der Waals surface area (Å²) in [4.78, 5) is 20.6. The summed E-state index contributed by atoms with van der Waals surface area (Å²) in [5.74, 6) is -1.50. The second-order valence-corrected chi connectivity index (χ2v) is 2.54. The van der Waals surface area contributed by atoms with Gasteiger partial charge in [0.05, 0.1) is 0 Å². The summed E-state index contributed by atoms with van der Waals surface area (Å²) in [6, 6.07) is 0. The van der Waals surface area contributed by atoms with Crippen molar-refractivity contribution in [1.82, 2.24) is 0 Å². The molecule has 0 saturated heterocycles. The van der Waals surface area contributed by atoms with Crippen molar-refractivity contribution in [3.8, 4) is 0 Å². The third-order valence-corrected chi connectivity index (χ3v) is 1.40. The minimum Gasteiger partial charge on any atom is -0.550 e. The molecule has 0 aliphatic rings. The molecular weight excluding hydrogens is 144 g/mol. The largest absolute Gasteiger partial charge is 0.550 e. The Morgan fingerprint density at radius 2 is 1.91 bits per heavy atom. The van der Waals surface area contributed by atoms with Gasteiger partial charge in [0.15, 0.2) is 0 Å². The van der Waals surface area contributed by atoms with Crippen LogP contribution in [0.4, 0.5) is 0 Å². The topological polar surface area (TPSA) is 57.2 Å². The molecule has 0 amide bonds. The fourth-order valence-electron chi connectivity index (χ4n) is 0.822. The standard InChI is InChI=1S/C8H14O3/c1-2-3-4-5-7(9)6-8(10)11/h2-6H2,1H3,(H,10,11)/p-1. The smallest absolute Gasteiger partial charge is 0.138 e. The second kappa shape index (κ2) is 5.89. The number of rotatable bonds is 6. The Balaban J connectivity index is 3.30. The van der Waals surface area contributed by atoms with Crippen molar-refractivity contribution in [2.75, 3.05) is 0 Å². The summed E-state index contributed by atoms with van der Waals surface area (Å²) in [6.07, 6.45) is 2.77. The van der Waals surface area contributed by atoms with Crippen LogP contribution in [0.3, 0.4) is 0 Å². The number of aliphatic carboxylic acids is 1. The van der Waals surface area contributed by atoms with Gasteiger partial charge in [0.2, 0.25) is 0 Å². The molecule has 3 heteroatoms. The van der Waals surface area contributed by atoms with Crippen LogP contribution >= 0.6 is 0 Å². The van der Waals surface area contributed by atoms with E-state index in [1.807, 2.05) is 6.92 Å². The third kappa shape index (κ3) is 7.03. The minimum atomic E-state index is -1.27. The quantitative estimate of drug-likeness (QED) is 0.411. The van der Waals surface area contributed by atoms with E-state index in [2.05, 4.69) is 0 Å². The maximum absolute atomic E-state index is 10.7. The maximum Gasteiger partial charge on any atom is 0.138 e. The summed E-state index contributed by atoms with van der Waals surface area (Å²) < 4.78 is 0. The molecule has 0 atom stereocenters. The number of Topliss-reactive ketones (excluding diaryl/α,β-unsaturated/α-hetero) is 1. The average Bonchev–Trinajstić information content (AvgIpc) is 1.86. The molecule has 0 saturated carbocycles. The van der Waals surface area contributed by atoms with Crippen LogP contribution in [-0.2, 0) is 9.59 Å². The molecule has 0 bridgehead atoms. The van der Waals surface area contributed by atoms with Gasteiger partial charge < -0.3 is 9.90 Å². The summed E-state index contributed by atoms with van der Waals surface area (Å²) in [5.41, 5.74) is 0. The number of hydrogen-bond acceptors (Lipinski definition) is 3. The molecule has 0 radical (unpaired) electrons. The monoisotopic (exact) mass is 157 g/mol. The number of carboxylic acid groups (broad SMARTS) is 1. The van der Waals surface area contributed by atoms with Crippen LogP contribution in [0.1, 0.15) is 39.0 Å². The molecule has 0 aromatic heterocycles. The number of unbranched alkanes of at least 4 members (excludes halogenated alkanes) is 2. The molecule has 11 heavy (non-hydrogen) atoms. The van der Waals surface area contributed by atoms with Crippen molar-refractivity contribution in [3.63, 3.8) is 0 Å². The van der Waals surface area contributed by atoms with Gasteiger partial charge in [0, 0.05) is 18.8 Å². The van der Waals surface area contributed by atoms with Crippen molar-refractivity contribution in [2.24, 2.45) is 0 Å². The Morgan fingerprint density at radius 3 is 2.36 bits per heavy atom. The van der Waals surface area contributed by atoms with Crippen LogP contribution in [0.25, 0.3) is 0 Å². The molecule has 0 heterocycles. The number of carboxylic acids is 1. The van der Waals surface area contributed by atoms with Gasteiger partial charge >= 0.3 is 0 Å². The molecule has 0 aliphatic heterocycles. The Morgan fingerprint density at radius 1 is 1.27 bits per heavy atom. The molecule has 0 spiro atoms. The van der Waals surface area contributed by atoms with E-state index < -0.39 is 12.4 Å². The number of carbonyl (C=O) groups excluding carboxylic acids is 2. The summed E-state index contributed by atoms with van der Waals surface area (Å²) >= 11 is 0. The van der Waals surface area contributed by atoms with Gasteiger partial charge in [0.25, 0.3) is 0 Å². The molecule has 0 fully saturated rings. The third-order valence-electron chi connectivity index (χ3n) is 1.40. The predicted octanol–water partition coefficient (Wildman–Crippen LogP) is 0.276. The highest BCUT2D eigenvalue weighted by Crippen LogP contribution is 2.00. The lowest BCUT2D eigenvalue weighted by Crippen LogP contribution is -2.25. The first-order chi connectivity index (χ1) is 5.16. The van der Waals surface area contributed by atoms with E-state index in [0.29, 0.717) is 6.42 Å². The van der Waals surface area contributed by atoms with E-state index in [1.165, 1.54) is 0 Å². The normalized spacial score (nSPS) is 9.55. The molecule has 0 rings (SSSR count). The highest BCUT2D eigenvalue weighted by Gasteiger charge is 2.00. The Labute approximate surface area is 66.4 Å². The molecule has 0 aromatic rings. The van der Waals surface area contributed by atoms with Gasteiger partial charge in [-0.25, -0.2) is 0 Å². The second-order valence-electron chi connectivity index (χ2n) is 2.54. The lowest BCUT2D eigenvalue weighted by Gasteiger charge is -1.99. The molecule has 64 valence electrons. The molecule has 0 aromatic carbocycles. The van der Waals surface area contributed by atoms with Gasteiger partial charge in [-0.2, -0.15) is 0 Å². The number of ketones is 1. The van der Waals surface area contributed by atoms with E-state index in [1.54, 1.807) is 0 Å². The Hall–Kier alpha value is -0.860. The van der Waals surface area contributed by atoms with Gasteiger partial charge in [-0.3, -0.25) is 4.79 Å². The van der Waals surface area contributed by atoms with Crippen LogP contribution < -0.4 is 5.11 Å². The summed E-state index contributed by atoms with van der Waals surface area (Å²) in [6.45, 7) is 2.03. The lowest BCUT2D eigenvalue weighted by atomic mass is 10.1. The van der Waals surface area contributed by atoms with Gasteiger partial charge in [-0.15, -0.1) is 0 Å². The zero-order chi connectivity index (χ0) is 8.69. The van der Waals surface area contributed by atoms with Crippen LogP contribution in [0.15, 0.2) is 0 Å². The zero-order valence-corrected chi connectivity index (χ0v) is 6.76. The Kier molecular flexibility index (Phi) is 5.43. The minimum absolute atomic E-state index is 0.224. The fourth-order valence-corrected chi connectivity index (χ4v) is 0.822. The maximum atomic E-state index is 10.7. The number of carbonyl (C=O) groups is 2. The predicted molar refractivity (Wildman–Crippen MR) is 38.8 cm³/mol. The fraction of sp³-hybridized carbons (Fsp3) is 0.750. The first-order valence-electron chi connectivity index (χ1n) is 3.88. The van der Waals surface area contributed by atoms with E-state index in [-0.39, 0.29) is 5.78 Å². The van der Waals surface area contributed by atoms with Gasteiger partial charge in [0.1, 0.15) is 5.78 Å². The zero-order valence-electron chi connectivity index (χ0n) is 6.76. The van der Waals surface area contributed by atoms with Gasteiger partial charge in [-0.1, -0.05) is 19.8 Å². The average molecular weight is 157 g/mol. The highest BCUT2D eigenvalue weighted by atomic mass is 16.4. The van der Waals surface area contributed by atoms with Crippen LogP contribution in [0.2, 0.25) is 0 Å². The summed E-state index contributed by atoms with van der Waals surface area (Å²) in [5, 5.41) is 9.91. The number of hydrogen-bond donors (Lipinski definition) is 0. The van der Waals surface area contributed by atoms with Gasteiger partial charge in [-0.05, 0) is 6.42 Å². The van der Waals surface area contributed by atoms with Crippen molar-refractivity contribution < 1.29 is 14.7 Å². The first kappa shape index (κ1) is 10.1. The van der Waals surface area contributed by atoms with Crippen molar-refractivity contribution in [1.29, 1.82) is 0 Å². The van der Waals surface area contributed by atoms with E-state index in [4.69, 9.17) is 0 Å². The SMILES string of the molecule is CCCCCC(=O)CC(=O)[O-]. The van der Waals surface area contributed by atoms with E-state index in [0.717, 1.165) is 19.3 Å². The molecule has 3 nitrogen and oxygen atoms in total. The Bertz CT molecular complexity index is 140.